The summed E-state index contributed by atoms with van der Waals surface area (Å²) in [6.45, 7) is 5.01. The normalized spacial score (nSPS) is 9.56. The van der Waals surface area contributed by atoms with Crippen molar-refractivity contribution in [2.24, 2.45) is 28.7 Å². The molecule has 0 aromatic carbocycles. The molecule has 0 radical (unpaired) electrons. The molecular formula is C10H28N6O2. The van der Waals surface area contributed by atoms with Gasteiger partial charge in [-0.05, 0) is 6.92 Å². The van der Waals surface area contributed by atoms with E-state index in [4.69, 9.17) is 33.8 Å². The van der Waals surface area contributed by atoms with E-state index < -0.39 is 5.97 Å². The number of rotatable bonds is 6. The molecule has 0 amide bonds. The highest BCUT2D eigenvalue weighted by molar-refractivity contribution is 5.85. The summed E-state index contributed by atoms with van der Waals surface area (Å²) >= 11 is 0. The highest BCUT2D eigenvalue weighted by Crippen LogP contribution is 1.87. The highest BCUT2D eigenvalue weighted by atomic mass is 16.4. The summed E-state index contributed by atoms with van der Waals surface area (Å²) < 4.78 is 0. The van der Waals surface area contributed by atoms with Crippen LogP contribution in [0.4, 0.5) is 0 Å². The van der Waals surface area contributed by atoms with Crippen LogP contribution in [0.1, 0.15) is 6.92 Å². The van der Waals surface area contributed by atoms with Crippen molar-refractivity contribution in [3.8, 4) is 0 Å². The Kier molecular flexibility index (Phi) is 25.9. The Hall–Kier alpha value is -1.19. The number of carboxylic acid groups (broad SMARTS) is 1. The van der Waals surface area contributed by atoms with Crippen LogP contribution in [0.5, 0.6) is 0 Å². The Morgan fingerprint density at radius 2 is 1.39 bits per heavy atom. The number of nitrogens with two attached hydrogens (primary N) is 5. The lowest BCUT2D eigenvalue weighted by Gasteiger charge is -1.96. The Balaban J connectivity index is -0.000000233. The van der Waals surface area contributed by atoms with Gasteiger partial charge in [-0.2, -0.15) is 0 Å². The predicted octanol–water partition coefficient (Wildman–Crippen LogP) is -2.67. The Bertz CT molecular complexity index is 191. The molecule has 8 nitrogen and oxygen atoms in total. The minimum Gasteiger partial charge on any atom is -0.478 e. The lowest BCUT2D eigenvalue weighted by atomic mass is 10.3. The zero-order chi connectivity index (χ0) is 14.8. The third-order valence-corrected chi connectivity index (χ3v) is 1.28. The highest BCUT2D eigenvalue weighted by Gasteiger charge is 1.96. The molecule has 0 aromatic heterocycles. The van der Waals surface area contributed by atoms with Crippen molar-refractivity contribution in [1.29, 1.82) is 0 Å². The predicted molar refractivity (Wildman–Crippen MR) is 74.7 cm³/mol. The molecule has 12 N–H and O–H groups in total. The van der Waals surface area contributed by atoms with Crippen molar-refractivity contribution in [2.75, 3.05) is 39.3 Å². The number of hydrogen-bond acceptors (Lipinski definition) is 7. The number of carbonyl (C=O) groups is 1. The molecule has 0 rings (SSSR count). The van der Waals surface area contributed by atoms with Gasteiger partial charge in [0.05, 0.1) is 0 Å². The fourth-order valence-electron chi connectivity index (χ4n) is 0.370. The van der Waals surface area contributed by atoms with Crippen molar-refractivity contribution >= 4 is 5.97 Å². The van der Waals surface area contributed by atoms with Crippen LogP contribution >= 0.6 is 0 Å². The van der Waals surface area contributed by atoms with Gasteiger partial charge in [0.1, 0.15) is 0 Å². The molecule has 110 valence electrons. The summed E-state index contributed by atoms with van der Waals surface area (Å²) in [6, 6.07) is 0. The average molecular weight is 264 g/mol. The van der Waals surface area contributed by atoms with Crippen LogP contribution in [-0.2, 0) is 4.79 Å². The van der Waals surface area contributed by atoms with Gasteiger partial charge in [0.2, 0.25) is 0 Å². The summed E-state index contributed by atoms with van der Waals surface area (Å²) in [5.41, 5.74) is 25.0. The van der Waals surface area contributed by atoms with E-state index in [1.54, 1.807) is 0 Å². The maximum Gasteiger partial charge on any atom is 0.332 e. The van der Waals surface area contributed by atoms with E-state index in [0.29, 0.717) is 39.3 Å². The lowest BCUT2D eigenvalue weighted by molar-refractivity contribution is -0.132. The van der Waals surface area contributed by atoms with Gasteiger partial charge < -0.3 is 39.1 Å². The van der Waals surface area contributed by atoms with Crippen LogP contribution in [0.2, 0.25) is 0 Å². The molecule has 0 aliphatic heterocycles. The van der Waals surface area contributed by atoms with Crippen LogP contribution < -0.4 is 34.0 Å². The molecule has 8 heteroatoms. The van der Waals surface area contributed by atoms with Gasteiger partial charge in [-0.15, -0.1) is 0 Å². The van der Waals surface area contributed by atoms with E-state index >= 15 is 0 Å². The first-order valence-electron chi connectivity index (χ1n) is 5.65. The molecule has 0 aromatic rings. The molecule has 0 aliphatic carbocycles. The van der Waals surface area contributed by atoms with Gasteiger partial charge in [-0.3, -0.25) is 0 Å². The van der Waals surface area contributed by atoms with Crippen molar-refractivity contribution in [1.82, 2.24) is 5.32 Å². The van der Waals surface area contributed by atoms with E-state index in [-0.39, 0.29) is 5.57 Å². The zero-order valence-electron chi connectivity index (χ0n) is 11.1. The second-order valence-corrected chi connectivity index (χ2v) is 3.03. The van der Waals surface area contributed by atoms with E-state index in [0.717, 1.165) is 0 Å². The maximum absolute atomic E-state index is 10.2. The first kappa shape index (κ1) is 22.0. The third-order valence-electron chi connectivity index (χ3n) is 1.28. The Morgan fingerprint density at radius 1 is 1.00 bits per heavy atom. The molecule has 0 unspecified atom stereocenters. The number of carboxylic acids is 1. The van der Waals surface area contributed by atoms with Crippen molar-refractivity contribution in [2.45, 2.75) is 6.92 Å². The van der Waals surface area contributed by atoms with Gasteiger partial charge >= 0.3 is 5.97 Å². The average Bonchev–Trinajstić information content (AvgIpc) is 2.39. The molecule has 0 saturated heterocycles. The smallest absolute Gasteiger partial charge is 0.332 e. The molecule has 0 bridgehead atoms. The molecule has 0 heterocycles. The zero-order valence-corrected chi connectivity index (χ0v) is 11.1. The second kappa shape index (κ2) is 21.1. The van der Waals surface area contributed by atoms with Crippen LogP contribution in [0.3, 0.4) is 0 Å². The topological polar surface area (TPSA) is 179 Å². The van der Waals surface area contributed by atoms with Gasteiger partial charge in [0.25, 0.3) is 0 Å². The minimum atomic E-state index is -0.912. The van der Waals surface area contributed by atoms with Crippen LogP contribution in [0.25, 0.3) is 0 Å². The fourth-order valence-corrected chi connectivity index (χ4v) is 0.370. The monoisotopic (exact) mass is 264 g/mol. The van der Waals surface area contributed by atoms with Crippen molar-refractivity contribution in [3.63, 3.8) is 0 Å². The molecule has 0 fully saturated rings. The standard InChI is InChI=1S/C6H12N2O2.2C2H8N2/c1-5(6(9)10)4-8-3-2-7;2*3-1-2-4/h4,8H,2-3,7H2,1H3,(H,9,10);2*1-4H2. The Morgan fingerprint density at radius 3 is 1.61 bits per heavy atom. The van der Waals surface area contributed by atoms with E-state index in [1.165, 1.54) is 13.1 Å². The van der Waals surface area contributed by atoms with E-state index in [9.17, 15) is 4.79 Å². The van der Waals surface area contributed by atoms with Crippen molar-refractivity contribution in [3.05, 3.63) is 11.8 Å². The first-order valence-corrected chi connectivity index (χ1v) is 5.65. The molecular weight excluding hydrogens is 236 g/mol. The summed E-state index contributed by atoms with van der Waals surface area (Å²) in [5.74, 6) is -0.912. The molecule has 0 spiro atoms. The number of nitrogens with one attached hydrogen (secondary N) is 1. The third kappa shape index (κ3) is 29.3. The molecule has 18 heavy (non-hydrogen) atoms. The first-order chi connectivity index (χ1) is 8.51. The fraction of sp³-hybridized carbons (Fsp3) is 0.700. The number of hydrogen-bond donors (Lipinski definition) is 7. The molecule has 0 aliphatic rings. The van der Waals surface area contributed by atoms with Gasteiger partial charge in [0, 0.05) is 51.0 Å². The Labute approximate surface area is 109 Å². The van der Waals surface area contributed by atoms with Crippen molar-refractivity contribution < 1.29 is 9.90 Å². The van der Waals surface area contributed by atoms with Gasteiger partial charge in [-0.25, -0.2) is 4.79 Å². The number of aliphatic carboxylic acids is 1. The van der Waals surface area contributed by atoms with Gasteiger partial charge in [-0.1, -0.05) is 0 Å². The molecule has 0 atom stereocenters. The van der Waals surface area contributed by atoms with Crippen LogP contribution in [-0.4, -0.2) is 50.3 Å². The SMILES string of the molecule is CC(=CNCCN)C(=O)O.NCCN.NCCN. The second-order valence-electron chi connectivity index (χ2n) is 3.03. The van der Waals surface area contributed by atoms with E-state index in [2.05, 4.69) is 5.32 Å². The van der Waals surface area contributed by atoms with E-state index in [1.807, 2.05) is 0 Å². The summed E-state index contributed by atoms with van der Waals surface area (Å²) in [7, 11) is 0. The maximum atomic E-state index is 10.2. The largest absolute Gasteiger partial charge is 0.478 e. The van der Waals surface area contributed by atoms with Crippen LogP contribution in [0, 0.1) is 0 Å². The van der Waals surface area contributed by atoms with Crippen LogP contribution in [0.15, 0.2) is 11.8 Å². The lowest BCUT2D eigenvalue weighted by Crippen LogP contribution is -2.18. The minimum absolute atomic E-state index is 0.286. The summed E-state index contributed by atoms with van der Waals surface area (Å²) in [6.07, 6.45) is 1.44. The quantitative estimate of drug-likeness (QED) is 0.200. The molecule has 0 saturated carbocycles. The van der Waals surface area contributed by atoms with Gasteiger partial charge in [0.15, 0.2) is 0 Å². The summed E-state index contributed by atoms with van der Waals surface area (Å²) in [5, 5.41) is 11.1. The summed E-state index contributed by atoms with van der Waals surface area (Å²) in [4.78, 5) is 10.2.